The third-order valence-corrected chi connectivity index (χ3v) is 4.33. The largest absolute Gasteiger partial charge is 0.299 e. The van der Waals surface area contributed by atoms with Crippen molar-refractivity contribution in [2.75, 3.05) is 0 Å². The zero-order valence-electron chi connectivity index (χ0n) is 11.4. The van der Waals surface area contributed by atoms with Crippen molar-refractivity contribution in [2.45, 2.75) is 45.4 Å². The zero-order chi connectivity index (χ0) is 13.3. The predicted octanol–water partition coefficient (Wildman–Crippen LogP) is 4.11. The highest BCUT2D eigenvalue weighted by atomic mass is 19.1. The first-order valence-electron chi connectivity index (χ1n) is 6.70. The number of hydrogen-bond donors (Lipinski definition) is 0. The van der Waals surface area contributed by atoms with Gasteiger partial charge in [0.2, 0.25) is 0 Å². The van der Waals surface area contributed by atoms with Gasteiger partial charge < -0.3 is 0 Å². The van der Waals surface area contributed by atoms with Crippen LogP contribution in [-0.4, -0.2) is 5.78 Å². The molecule has 1 aliphatic carbocycles. The number of carbonyl (C=O) groups is 1. The molecule has 0 radical (unpaired) electrons. The van der Waals surface area contributed by atoms with Gasteiger partial charge in [-0.1, -0.05) is 39.0 Å². The van der Waals surface area contributed by atoms with Gasteiger partial charge in [0.15, 0.2) is 0 Å². The van der Waals surface area contributed by atoms with E-state index in [9.17, 15) is 9.18 Å². The van der Waals surface area contributed by atoms with Crippen LogP contribution in [0.3, 0.4) is 0 Å². The summed E-state index contributed by atoms with van der Waals surface area (Å²) < 4.78 is 13.9. The Morgan fingerprint density at radius 3 is 2.50 bits per heavy atom. The lowest BCUT2D eigenvalue weighted by atomic mass is 9.65. The van der Waals surface area contributed by atoms with Gasteiger partial charge in [0.05, 0.1) is 0 Å². The summed E-state index contributed by atoms with van der Waals surface area (Å²) in [7, 11) is 0. The van der Waals surface area contributed by atoms with Crippen LogP contribution in [0, 0.1) is 17.7 Å². The number of ketones is 1. The van der Waals surface area contributed by atoms with Crippen molar-refractivity contribution in [3.63, 3.8) is 0 Å². The Balaban J connectivity index is 2.31. The van der Waals surface area contributed by atoms with E-state index in [-0.39, 0.29) is 11.7 Å². The molecule has 1 aromatic rings. The molecule has 0 heterocycles. The molecule has 2 atom stereocenters. The second kappa shape index (κ2) is 4.83. The zero-order valence-corrected chi connectivity index (χ0v) is 11.4. The highest BCUT2D eigenvalue weighted by molar-refractivity contribution is 5.83. The molecule has 1 aromatic carbocycles. The van der Waals surface area contributed by atoms with Crippen LogP contribution >= 0.6 is 0 Å². The molecule has 2 heteroatoms. The Kier molecular flexibility index (Phi) is 3.56. The number of benzene rings is 1. The fourth-order valence-electron chi connectivity index (χ4n) is 3.13. The number of Topliss-reactive ketones (excluding diaryl/α,β-unsaturated/α-hetero) is 1. The normalized spacial score (nSPS) is 25.2. The SMILES string of the molecule is CC1CCC(C(C)(C)c2ccccc2F)C(=O)C1. The standard InChI is InChI=1S/C16H21FO/c1-11-8-9-13(15(18)10-11)16(2,3)12-6-4-5-7-14(12)17/h4-7,11,13H,8-10H2,1-3H3. The van der Waals surface area contributed by atoms with Gasteiger partial charge in [-0.3, -0.25) is 4.79 Å². The Bertz CT molecular complexity index is 450. The van der Waals surface area contributed by atoms with Gasteiger partial charge in [0.1, 0.15) is 11.6 Å². The molecule has 0 bridgehead atoms. The molecule has 2 unspecified atom stereocenters. The molecule has 0 saturated heterocycles. The molecule has 0 amide bonds. The van der Waals surface area contributed by atoms with Crippen molar-refractivity contribution in [3.05, 3.63) is 35.6 Å². The first-order valence-corrected chi connectivity index (χ1v) is 6.70. The molecule has 18 heavy (non-hydrogen) atoms. The Morgan fingerprint density at radius 1 is 1.22 bits per heavy atom. The minimum atomic E-state index is -0.414. The minimum Gasteiger partial charge on any atom is -0.299 e. The highest BCUT2D eigenvalue weighted by Gasteiger charge is 2.40. The summed E-state index contributed by atoms with van der Waals surface area (Å²) in [6.07, 6.45) is 2.58. The molecular formula is C16H21FO. The van der Waals surface area contributed by atoms with Gasteiger partial charge in [0, 0.05) is 17.8 Å². The van der Waals surface area contributed by atoms with Crippen molar-refractivity contribution < 1.29 is 9.18 Å². The Labute approximate surface area is 108 Å². The molecule has 98 valence electrons. The van der Waals surface area contributed by atoms with Crippen molar-refractivity contribution in [1.82, 2.24) is 0 Å². The third-order valence-electron chi connectivity index (χ3n) is 4.33. The van der Waals surface area contributed by atoms with Crippen LogP contribution in [-0.2, 0) is 10.2 Å². The Morgan fingerprint density at radius 2 is 1.89 bits per heavy atom. The maximum absolute atomic E-state index is 13.9. The van der Waals surface area contributed by atoms with Crippen LogP contribution in [0.2, 0.25) is 0 Å². The van der Waals surface area contributed by atoms with E-state index in [1.807, 2.05) is 19.9 Å². The summed E-state index contributed by atoms with van der Waals surface area (Å²) in [5.74, 6) is 0.520. The van der Waals surface area contributed by atoms with Crippen molar-refractivity contribution in [2.24, 2.45) is 11.8 Å². The lowest BCUT2D eigenvalue weighted by molar-refractivity contribution is -0.128. The van der Waals surface area contributed by atoms with Crippen LogP contribution in [0.1, 0.15) is 45.6 Å². The summed E-state index contributed by atoms with van der Waals surface area (Å²) in [4.78, 5) is 12.2. The number of rotatable bonds is 2. The van der Waals surface area contributed by atoms with E-state index in [2.05, 4.69) is 6.92 Å². The van der Waals surface area contributed by atoms with Crippen LogP contribution in [0.4, 0.5) is 4.39 Å². The maximum atomic E-state index is 13.9. The van der Waals surface area contributed by atoms with Crippen LogP contribution in [0.25, 0.3) is 0 Å². The monoisotopic (exact) mass is 248 g/mol. The second-order valence-electron chi connectivity index (χ2n) is 6.11. The fraction of sp³-hybridized carbons (Fsp3) is 0.562. The van der Waals surface area contributed by atoms with E-state index < -0.39 is 5.41 Å². The van der Waals surface area contributed by atoms with Crippen molar-refractivity contribution >= 4 is 5.78 Å². The van der Waals surface area contributed by atoms with Gasteiger partial charge >= 0.3 is 0 Å². The summed E-state index contributed by atoms with van der Waals surface area (Å²) >= 11 is 0. The average molecular weight is 248 g/mol. The molecule has 0 N–H and O–H groups in total. The van der Waals surface area contributed by atoms with Gasteiger partial charge in [-0.25, -0.2) is 4.39 Å². The summed E-state index contributed by atoms with van der Waals surface area (Å²) in [5.41, 5.74) is 0.251. The smallest absolute Gasteiger partial charge is 0.137 e. The van der Waals surface area contributed by atoms with Gasteiger partial charge in [-0.2, -0.15) is 0 Å². The minimum absolute atomic E-state index is 0.0504. The second-order valence-corrected chi connectivity index (χ2v) is 6.11. The molecule has 1 saturated carbocycles. The number of halogens is 1. The molecule has 0 aliphatic heterocycles. The average Bonchev–Trinajstić information content (AvgIpc) is 2.28. The van der Waals surface area contributed by atoms with Crippen LogP contribution in [0.15, 0.2) is 24.3 Å². The highest BCUT2D eigenvalue weighted by Crippen LogP contribution is 2.41. The first kappa shape index (κ1) is 13.3. The molecule has 1 aliphatic rings. The van der Waals surface area contributed by atoms with E-state index in [0.717, 1.165) is 12.8 Å². The number of carbonyl (C=O) groups excluding carboxylic acids is 1. The number of hydrogen-bond acceptors (Lipinski definition) is 1. The summed E-state index contributed by atoms with van der Waals surface area (Å²) in [5, 5.41) is 0. The summed E-state index contributed by atoms with van der Waals surface area (Å²) in [6.45, 7) is 6.10. The Hall–Kier alpha value is -1.18. The van der Waals surface area contributed by atoms with Crippen molar-refractivity contribution in [3.8, 4) is 0 Å². The predicted molar refractivity (Wildman–Crippen MR) is 70.9 cm³/mol. The molecular weight excluding hydrogens is 227 g/mol. The van der Waals surface area contributed by atoms with Gasteiger partial charge in [0.25, 0.3) is 0 Å². The topological polar surface area (TPSA) is 17.1 Å². The van der Waals surface area contributed by atoms with Crippen LogP contribution < -0.4 is 0 Å². The molecule has 0 aromatic heterocycles. The molecule has 1 nitrogen and oxygen atoms in total. The van der Waals surface area contributed by atoms with E-state index in [0.29, 0.717) is 23.7 Å². The lowest BCUT2D eigenvalue weighted by Crippen LogP contribution is -2.39. The van der Waals surface area contributed by atoms with Crippen molar-refractivity contribution in [1.29, 1.82) is 0 Å². The first-order chi connectivity index (χ1) is 8.43. The molecule has 1 fully saturated rings. The summed E-state index contributed by atoms with van der Waals surface area (Å²) in [6, 6.07) is 6.82. The fourth-order valence-corrected chi connectivity index (χ4v) is 3.13. The van der Waals surface area contributed by atoms with E-state index in [1.165, 1.54) is 6.07 Å². The van der Waals surface area contributed by atoms with E-state index >= 15 is 0 Å². The van der Waals surface area contributed by atoms with E-state index in [1.54, 1.807) is 12.1 Å². The maximum Gasteiger partial charge on any atom is 0.137 e. The van der Waals surface area contributed by atoms with E-state index in [4.69, 9.17) is 0 Å². The quantitative estimate of drug-likeness (QED) is 0.769. The molecule has 2 rings (SSSR count). The van der Waals surface area contributed by atoms with Gasteiger partial charge in [-0.15, -0.1) is 0 Å². The lowest BCUT2D eigenvalue weighted by Gasteiger charge is -2.38. The third kappa shape index (κ3) is 2.33. The van der Waals surface area contributed by atoms with Gasteiger partial charge in [-0.05, 0) is 30.4 Å². The van der Waals surface area contributed by atoms with Crippen LogP contribution in [0.5, 0.6) is 0 Å². The molecule has 0 spiro atoms.